The first-order chi connectivity index (χ1) is 7.22. The zero-order chi connectivity index (χ0) is 10.8. The molecule has 0 bridgehead atoms. The van der Waals surface area contributed by atoms with Gasteiger partial charge >= 0.3 is 0 Å². The predicted octanol–water partition coefficient (Wildman–Crippen LogP) is 1.70. The number of rotatable bonds is 2. The highest BCUT2D eigenvalue weighted by molar-refractivity contribution is 5.72. The largest absolute Gasteiger partial charge is 0.296 e. The van der Waals surface area contributed by atoms with Gasteiger partial charge in [-0.2, -0.15) is 0 Å². The van der Waals surface area contributed by atoms with Crippen molar-refractivity contribution in [1.29, 1.82) is 0 Å². The SMILES string of the molecule is Cc1ccc(-n2nncc2C=O)cc1C. The molecule has 1 aromatic carbocycles. The fourth-order valence-corrected chi connectivity index (χ4v) is 1.38. The van der Waals surface area contributed by atoms with Crippen LogP contribution in [0.15, 0.2) is 24.4 Å². The van der Waals surface area contributed by atoms with Crippen LogP contribution in [0.5, 0.6) is 0 Å². The highest BCUT2D eigenvalue weighted by Crippen LogP contribution is 2.13. The van der Waals surface area contributed by atoms with Crippen molar-refractivity contribution in [3.63, 3.8) is 0 Å². The van der Waals surface area contributed by atoms with E-state index < -0.39 is 0 Å². The number of aromatic nitrogens is 3. The van der Waals surface area contributed by atoms with Gasteiger partial charge in [-0.1, -0.05) is 11.3 Å². The third-order valence-electron chi connectivity index (χ3n) is 2.43. The fourth-order valence-electron chi connectivity index (χ4n) is 1.38. The molecule has 0 unspecified atom stereocenters. The molecule has 1 heterocycles. The van der Waals surface area contributed by atoms with Gasteiger partial charge in [0.15, 0.2) is 6.29 Å². The Morgan fingerprint density at radius 1 is 1.27 bits per heavy atom. The Morgan fingerprint density at radius 3 is 2.73 bits per heavy atom. The van der Waals surface area contributed by atoms with Crippen molar-refractivity contribution in [2.45, 2.75) is 13.8 Å². The Labute approximate surface area is 87.5 Å². The molecule has 0 aliphatic carbocycles. The molecule has 15 heavy (non-hydrogen) atoms. The van der Waals surface area contributed by atoms with Crippen LogP contribution in [0.2, 0.25) is 0 Å². The number of aldehydes is 1. The minimum Gasteiger partial charge on any atom is -0.296 e. The molecule has 0 radical (unpaired) electrons. The zero-order valence-electron chi connectivity index (χ0n) is 8.64. The van der Waals surface area contributed by atoms with E-state index >= 15 is 0 Å². The molecule has 0 N–H and O–H groups in total. The van der Waals surface area contributed by atoms with E-state index in [2.05, 4.69) is 10.3 Å². The number of aryl methyl sites for hydroxylation is 2. The quantitative estimate of drug-likeness (QED) is 0.695. The van der Waals surface area contributed by atoms with Gasteiger partial charge in [-0.3, -0.25) is 4.79 Å². The Hall–Kier alpha value is -1.97. The highest BCUT2D eigenvalue weighted by atomic mass is 16.1. The molecule has 0 saturated carbocycles. The molecule has 0 amide bonds. The van der Waals surface area contributed by atoms with Crippen molar-refractivity contribution >= 4 is 6.29 Å². The zero-order valence-corrected chi connectivity index (χ0v) is 8.64. The van der Waals surface area contributed by atoms with Crippen LogP contribution in [0.3, 0.4) is 0 Å². The average Bonchev–Trinajstić information content (AvgIpc) is 2.70. The number of carbonyl (C=O) groups excluding carboxylic acids is 1. The van der Waals surface area contributed by atoms with E-state index in [0.717, 1.165) is 12.0 Å². The Kier molecular flexibility index (Phi) is 2.33. The number of hydrogen-bond donors (Lipinski definition) is 0. The second kappa shape index (κ2) is 3.65. The summed E-state index contributed by atoms with van der Waals surface area (Å²) in [5.74, 6) is 0. The summed E-state index contributed by atoms with van der Waals surface area (Å²) in [5, 5.41) is 7.57. The van der Waals surface area contributed by atoms with E-state index in [1.807, 2.05) is 32.0 Å². The Morgan fingerprint density at radius 2 is 2.07 bits per heavy atom. The minimum atomic E-state index is 0.457. The molecule has 4 heteroatoms. The lowest BCUT2D eigenvalue weighted by molar-refractivity contribution is 0.111. The van der Waals surface area contributed by atoms with E-state index in [0.29, 0.717) is 5.69 Å². The lowest BCUT2D eigenvalue weighted by atomic mass is 10.1. The second-order valence-electron chi connectivity index (χ2n) is 3.46. The third-order valence-corrected chi connectivity index (χ3v) is 2.43. The first kappa shape index (κ1) is 9.58. The molecule has 76 valence electrons. The van der Waals surface area contributed by atoms with Crippen LogP contribution < -0.4 is 0 Å². The molecule has 0 aliphatic heterocycles. The number of carbonyl (C=O) groups is 1. The lowest BCUT2D eigenvalue weighted by Gasteiger charge is -2.05. The summed E-state index contributed by atoms with van der Waals surface area (Å²) >= 11 is 0. The van der Waals surface area contributed by atoms with E-state index in [-0.39, 0.29) is 0 Å². The van der Waals surface area contributed by atoms with E-state index in [1.54, 1.807) is 0 Å². The van der Waals surface area contributed by atoms with Gasteiger partial charge in [-0.25, -0.2) is 4.68 Å². The van der Waals surface area contributed by atoms with Crippen molar-refractivity contribution in [3.05, 3.63) is 41.2 Å². The van der Waals surface area contributed by atoms with Crippen LogP contribution >= 0.6 is 0 Å². The van der Waals surface area contributed by atoms with Gasteiger partial charge in [-0.05, 0) is 37.1 Å². The van der Waals surface area contributed by atoms with Crippen LogP contribution in [0, 0.1) is 13.8 Å². The number of hydrogen-bond acceptors (Lipinski definition) is 3. The standard InChI is InChI=1S/C11H11N3O/c1-8-3-4-10(5-9(8)2)14-11(7-15)6-12-13-14/h3-7H,1-2H3. The van der Waals surface area contributed by atoms with Crippen LogP contribution in [0.4, 0.5) is 0 Å². The summed E-state index contributed by atoms with van der Waals surface area (Å²) in [6, 6.07) is 5.90. The molecule has 1 aromatic heterocycles. The second-order valence-corrected chi connectivity index (χ2v) is 3.46. The monoisotopic (exact) mass is 201 g/mol. The summed E-state index contributed by atoms with van der Waals surface area (Å²) < 4.78 is 1.53. The summed E-state index contributed by atoms with van der Waals surface area (Å²) in [6.45, 7) is 4.07. The van der Waals surface area contributed by atoms with Crippen molar-refractivity contribution in [2.24, 2.45) is 0 Å². The molecule has 0 atom stereocenters. The summed E-state index contributed by atoms with van der Waals surface area (Å²) in [7, 11) is 0. The van der Waals surface area contributed by atoms with Crippen molar-refractivity contribution < 1.29 is 4.79 Å². The Balaban J connectivity index is 2.54. The van der Waals surface area contributed by atoms with Crippen molar-refractivity contribution in [2.75, 3.05) is 0 Å². The van der Waals surface area contributed by atoms with Gasteiger partial charge in [-0.15, -0.1) is 5.10 Å². The van der Waals surface area contributed by atoms with Crippen LogP contribution in [0.25, 0.3) is 5.69 Å². The molecule has 4 nitrogen and oxygen atoms in total. The number of nitrogens with zero attached hydrogens (tertiary/aromatic N) is 3. The summed E-state index contributed by atoms with van der Waals surface area (Å²) in [6.07, 6.45) is 2.19. The summed E-state index contributed by atoms with van der Waals surface area (Å²) in [5.41, 5.74) is 3.70. The maximum Gasteiger partial charge on any atom is 0.170 e. The van der Waals surface area contributed by atoms with Crippen molar-refractivity contribution in [1.82, 2.24) is 15.0 Å². The molecular weight excluding hydrogens is 190 g/mol. The smallest absolute Gasteiger partial charge is 0.170 e. The fraction of sp³-hybridized carbons (Fsp3) is 0.182. The van der Waals surface area contributed by atoms with Crippen LogP contribution in [-0.4, -0.2) is 21.3 Å². The normalized spacial score (nSPS) is 10.3. The first-order valence-electron chi connectivity index (χ1n) is 4.66. The molecule has 2 aromatic rings. The van der Waals surface area contributed by atoms with E-state index in [4.69, 9.17) is 0 Å². The van der Waals surface area contributed by atoms with Crippen LogP contribution in [0.1, 0.15) is 21.6 Å². The highest BCUT2D eigenvalue weighted by Gasteiger charge is 2.05. The van der Waals surface area contributed by atoms with Gasteiger partial charge in [0, 0.05) is 0 Å². The molecule has 0 aliphatic rings. The van der Waals surface area contributed by atoms with E-state index in [9.17, 15) is 4.79 Å². The van der Waals surface area contributed by atoms with Gasteiger partial charge in [0.2, 0.25) is 0 Å². The van der Waals surface area contributed by atoms with E-state index in [1.165, 1.54) is 22.0 Å². The van der Waals surface area contributed by atoms with Gasteiger partial charge in [0.25, 0.3) is 0 Å². The lowest BCUT2D eigenvalue weighted by Crippen LogP contribution is -2.01. The van der Waals surface area contributed by atoms with Crippen LogP contribution in [-0.2, 0) is 0 Å². The molecule has 0 fully saturated rings. The number of benzene rings is 1. The predicted molar refractivity (Wildman–Crippen MR) is 56.2 cm³/mol. The molecule has 2 rings (SSSR count). The average molecular weight is 201 g/mol. The molecule has 0 spiro atoms. The van der Waals surface area contributed by atoms with Gasteiger partial charge < -0.3 is 0 Å². The van der Waals surface area contributed by atoms with Gasteiger partial charge in [0.05, 0.1) is 11.9 Å². The third kappa shape index (κ3) is 1.66. The Bertz CT molecular complexity index is 502. The molecule has 0 saturated heterocycles. The maximum absolute atomic E-state index is 10.7. The minimum absolute atomic E-state index is 0.457. The van der Waals surface area contributed by atoms with Gasteiger partial charge in [0.1, 0.15) is 5.69 Å². The summed E-state index contributed by atoms with van der Waals surface area (Å²) in [4.78, 5) is 10.7. The topological polar surface area (TPSA) is 47.8 Å². The first-order valence-corrected chi connectivity index (χ1v) is 4.66. The van der Waals surface area contributed by atoms with Crippen molar-refractivity contribution in [3.8, 4) is 5.69 Å². The maximum atomic E-state index is 10.7. The molecular formula is C11H11N3O.